The number of aromatic nitrogens is 2. The van der Waals surface area contributed by atoms with Crippen LogP contribution in [0.15, 0.2) is 36.5 Å². The van der Waals surface area contributed by atoms with E-state index in [2.05, 4.69) is 46.7 Å². The number of nitrogens with one attached hydrogen (secondary N) is 2. The molecule has 4 nitrogen and oxygen atoms in total. The van der Waals surface area contributed by atoms with Crippen LogP contribution in [-0.4, -0.2) is 30.0 Å². The molecule has 0 bridgehead atoms. The van der Waals surface area contributed by atoms with Crippen molar-refractivity contribution in [3.05, 3.63) is 42.1 Å². The summed E-state index contributed by atoms with van der Waals surface area (Å²) in [6.07, 6.45) is 1.76. The van der Waals surface area contributed by atoms with Crippen molar-refractivity contribution in [1.29, 1.82) is 0 Å². The first-order valence-corrected chi connectivity index (χ1v) is 6.10. The maximum Gasteiger partial charge on any atom is 0.0650 e. The summed E-state index contributed by atoms with van der Waals surface area (Å²) in [5.74, 6) is 0. The lowest BCUT2D eigenvalue weighted by Gasteiger charge is -2.12. The van der Waals surface area contributed by atoms with Crippen LogP contribution in [0.3, 0.4) is 0 Å². The van der Waals surface area contributed by atoms with E-state index in [-0.39, 0.29) is 0 Å². The molecule has 4 heteroatoms. The van der Waals surface area contributed by atoms with Crippen LogP contribution in [0.2, 0.25) is 0 Å². The summed E-state index contributed by atoms with van der Waals surface area (Å²) in [6.45, 7) is 3.70. The number of methoxy groups -OCH3 is 1. The molecule has 0 radical (unpaired) electrons. The van der Waals surface area contributed by atoms with E-state index in [1.54, 1.807) is 13.3 Å². The molecular formula is C14H19N3O. The zero-order valence-corrected chi connectivity index (χ0v) is 10.8. The minimum absolute atomic E-state index is 0.363. The summed E-state index contributed by atoms with van der Waals surface area (Å²) < 4.78 is 5.09. The first kappa shape index (κ1) is 12.8. The highest BCUT2D eigenvalue weighted by Gasteiger charge is 2.02. The Hall–Kier alpha value is -1.65. The monoisotopic (exact) mass is 245 g/mol. The third-order valence-electron chi connectivity index (χ3n) is 2.84. The van der Waals surface area contributed by atoms with Crippen molar-refractivity contribution < 1.29 is 4.74 Å². The zero-order valence-electron chi connectivity index (χ0n) is 10.8. The highest BCUT2D eigenvalue weighted by molar-refractivity contribution is 5.58. The number of nitrogens with zero attached hydrogens (tertiary/aromatic N) is 1. The van der Waals surface area contributed by atoms with Crippen molar-refractivity contribution in [3.63, 3.8) is 0 Å². The van der Waals surface area contributed by atoms with Gasteiger partial charge in [0.05, 0.1) is 12.3 Å². The zero-order chi connectivity index (χ0) is 12.8. The van der Waals surface area contributed by atoms with Gasteiger partial charge < -0.3 is 10.1 Å². The molecule has 0 aliphatic rings. The van der Waals surface area contributed by atoms with E-state index in [1.165, 1.54) is 5.56 Å². The molecule has 1 aromatic heterocycles. The van der Waals surface area contributed by atoms with Crippen LogP contribution in [-0.2, 0) is 11.3 Å². The lowest BCUT2D eigenvalue weighted by molar-refractivity contribution is 0.171. The molecule has 1 aromatic carbocycles. The van der Waals surface area contributed by atoms with Gasteiger partial charge in [-0.15, -0.1) is 0 Å². The third kappa shape index (κ3) is 3.42. The van der Waals surface area contributed by atoms with Gasteiger partial charge in [0.15, 0.2) is 0 Å². The van der Waals surface area contributed by atoms with E-state index in [4.69, 9.17) is 4.74 Å². The Morgan fingerprint density at radius 3 is 2.67 bits per heavy atom. The maximum atomic E-state index is 5.09. The number of aromatic amines is 1. The number of hydrogen-bond donors (Lipinski definition) is 2. The number of H-pyrrole nitrogens is 1. The van der Waals surface area contributed by atoms with Crippen LogP contribution >= 0.6 is 0 Å². The maximum absolute atomic E-state index is 5.09. The average Bonchev–Trinajstić information content (AvgIpc) is 2.91. The Kier molecular flexibility index (Phi) is 4.50. The van der Waals surface area contributed by atoms with E-state index in [0.29, 0.717) is 6.04 Å². The highest BCUT2D eigenvalue weighted by Crippen LogP contribution is 2.16. The SMILES string of the molecule is COCC(C)NCc1ccc(-c2ccn[nH]2)cc1. The molecule has 0 aliphatic heterocycles. The van der Waals surface area contributed by atoms with E-state index in [1.807, 2.05) is 6.07 Å². The fourth-order valence-corrected chi connectivity index (χ4v) is 1.82. The molecule has 2 rings (SSSR count). The first-order valence-electron chi connectivity index (χ1n) is 6.10. The molecule has 0 fully saturated rings. The van der Waals surface area contributed by atoms with Crippen molar-refractivity contribution in [2.24, 2.45) is 0 Å². The first-order chi connectivity index (χ1) is 8.79. The van der Waals surface area contributed by atoms with Gasteiger partial charge in [-0.3, -0.25) is 5.10 Å². The van der Waals surface area contributed by atoms with Gasteiger partial charge in [0.2, 0.25) is 0 Å². The van der Waals surface area contributed by atoms with Gasteiger partial charge >= 0.3 is 0 Å². The summed E-state index contributed by atoms with van der Waals surface area (Å²) in [4.78, 5) is 0. The average molecular weight is 245 g/mol. The minimum Gasteiger partial charge on any atom is -0.383 e. The second-order valence-corrected chi connectivity index (χ2v) is 4.40. The Labute approximate surface area is 107 Å². The van der Waals surface area contributed by atoms with Crippen LogP contribution in [0.25, 0.3) is 11.3 Å². The lowest BCUT2D eigenvalue weighted by Crippen LogP contribution is -2.29. The second-order valence-electron chi connectivity index (χ2n) is 4.40. The Morgan fingerprint density at radius 2 is 2.06 bits per heavy atom. The quantitative estimate of drug-likeness (QED) is 0.820. The van der Waals surface area contributed by atoms with Crippen LogP contribution in [0.5, 0.6) is 0 Å². The summed E-state index contributed by atoms with van der Waals surface area (Å²) in [6, 6.07) is 10.8. The van der Waals surface area contributed by atoms with Crippen LogP contribution in [0.4, 0.5) is 0 Å². The van der Waals surface area contributed by atoms with Gasteiger partial charge in [-0.25, -0.2) is 0 Å². The van der Waals surface area contributed by atoms with Crippen molar-refractivity contribution >= 4 is 0 Å². The fourth-order valence-electron chi connectivity index (χ4n) is 1.82. The molecular weight excluding hydrogens is 226 g/mol. The van der Waals surface area contributed by atoms with Crippen LogP contribution in [0, 0.1) is 0 Å². The Bertz CT molecular complexity index is 450. The summed E-state index contributed by atoms with van der Waals surface area (Å²) in [7, 11) is 1.72. The van der Waals surface area contributed by atoms with Gasteiger partial charge in [-0.1, -0.05) is 24.3 Å². The Balaban J connectivity index is 1.92. The number of benzene rings is 1. The lowest BCUT2D eigenvalue weighted by atomic mass is 10.1. The number of hydrogen-bond acceptors (Lipinski definition) is 3. The number of ether oxygens (including phenoxy) is 1. The molecule has 18 heavy (non-hydrogen) atoms. The molecule has 1 unspecified atom stereocenters. The molecule has 1 atom stereocenters. The molecule has 96 valence electrons. The van der Waals surface area contributed by atoms with E-state index < -0.39 is 0 Å². The molecule has 1 heterocycles. The predicted octanol–water partition coefficient (Wildman–Crippen LogP) is 2.20. The van der Waals surface area contributed by atoms with Crippen molar-refractivity contribution in [2.45, 2.75) is 19.5 Å². The fraction of sp³-hybridized carbons (Fsp3) is 0.357. The second kappa shape index (κ2) is 6.33. The molecule has 2 aromatic rings. The van der Waals surface area contributed by atoms with E-state index >= 15 is 0 Å². The molecule has 0 aliphatic carbocycles. The van der Waals surface area contributed by atoms with Crippen LogP contribution in [0.1, 0.15) is 12.5 Å². The summed E-state index contributed by atoms with van der Waals surface area (Å²) in [5.41, 5.74) is 3.46. The van der Waals surface area contributed by atoms with Gasteiger partial charge in [-0.2, -0.15) is 5.10 Å². The smallest absolute Gasteiger partial charge is 0.0650 e. The molecule has 0 saturated carbocycles. The largest absolute Gasteiger partial charge is 0.383 e. The van der Waals surface area contributed by atoms with E-state index in [0.717, 1.165) is 24.4 Å². The van der Waals surface area contributed by atoms with Gasteiger partial charge in [0, 0.05) is 25.9 Å². The standard InChI is InChI=1S/C14H19N3O/c1-11(10-18-2)15-9-12-3-5-13(6-4-12)14-7-8-16-17-14/h3-8,11,15H,9-10H2,1-2H3,(H,16,17). The topological polar surface area (TPSA) is 49.9 Å². The van der Waals surface area contributed by atoms with Crippen molar-refractivity contribution in [2.75, 3.05) is 13.7 Å². The van der Waals surface area contributed by atoms with Crippen molar-refractivity contribution in [1.82, 2.24) is 15.5 Å². The number of rotatable bonds is 6. The molecule has 0 amide bonds. The van der Waals surface area contributed by atoms with Crippen LogP contribution < -0.4 is 5.32 Å². The predicted molar refractivity (Wildman–Crippen MR) is 72.2 cm³/mol. The van der Waals surface area contributed by atoms with Gasteiger partial charge in [0.1, 0.15) is 0 Å². The molecule has 2 N–H and O–H groups in total. The van der Waals surface area contributed by atoms with Gasteiger partial charge in [0.25, 0.3) is 0 Å². The summed E-state index contributed by atoms with van der Waals surface area (Å²) >= 11 is 0. The molecule has 0 spiro atoms. The van der Waals surface area contributed by atoms with Crippen molar-refractivity contribution in [3.8, 4) is 11.3 Å². The molecule has 0 saturated heterocycles. The third-order valence-corrected chi connectivity index (χ3v) is 2.84. The normalized spacial score (nSPS) is 12.6. The summed E-state index contributed by atoms with van der Waals surface area (Å²) in [5, 5.41) is 10.3. The minimum atomic E-state index is 0.363. The van der Waals surface area contributed by atoms with E-state index in [9.17, 15) is 0 Å². The van der Waals surface area contributed by atoms with Gasteiger partial charge in [-0.05, 0) is 24.1 Å². The highest BCUT2D eigenvalue weighted by atomic mass is 16.5. The Morgan fingerprint density at radius 1 is 1.28 bits per heavy atom.